The summed E-state index contributed by atoms with van der Waals surface area (Å²) in [5.41, 5.74) is 4.93. The van der Waals surface area contributed by atoms with Crippen molar-refractivity contribution in [2.75, 3.05) is 0 Å². The molecule has 1 aromatic carbocycles. The summed E-state index contributed by atoms with van der Waals surface area (Å²) < 4.78 is 1.74. The minimum absolute atomic E-state index is 0.170. The van der Waals surface area contributed by atoms with Crippen molar-refractivity contribution >= 4 is 11.6 Å². The first kappa shape index (κ1) is 15.1. The molecule has 0 aliphatic carbocycles. The number of carbonyl (C=O) groups is 1. The van der Waals surface area contributed by atoms with Crippen LogP contribution in [-0.2, 0) is 17.6 Å². The molecular formula is C17H18N4O2. The molecule has 3 aromatic rings. The first-order chi connectivity index (χ1) is 11.0. The van der Waals surface area contributed by atoms with Crippen LogP contribution in [0.4, 0.5) is 0 Å². The number of aliphatic carboxylic acids is 1. The molecule has 2 aromatic heterocycles. The molecule has 0 spiro atoms. The second-order valence-corrected chi connectivity index (χ2v) is 5.73. The van der Waals surface area contributed by atoms with Gasteiger partial charge in [-0.25, -0.2) is 4.98 Å². The van der Waals surface area contributed by atoms with Gasteiger partial charge in [0.25, 0.3) is 0 Å². The Morgan fingerprint density at radius 1 is 1.13 bits per heavy atom. The molecule has 23 heavy (non-hydrogen) atoms. The molecule has 118 valence electrons. The van der Waals surface area contributed by atoms with Crippen molar-refractivity contribution in [1.29, 1.82) is 0 Å². The monoisotopic (exact) mass is 310 g/mol. The Bertz CT molecular complexity index is 882. The highest BCUT2D eigenvalue weighted by Gasteiger charge is 2.17. The number of hydrogen-bond acceptors (Lipinski definition) is 4. The van der Waals surface area contributed by atoms with Crippen LogP contribution in [0.2, 0.25) is 0 Å². The van der Waals surface area contributed by atoms with Crippen molar-refractivity contribution in [1.82, 2.24) is 19.6 Å². The number of rotatable bonds is 4. The molecule has 0 amide bonds. The number of aryl methyl sites for hydroxylation is 3. The maximum Gasteiger partial charge on any atom is 0.311 e. The molecule has 0 saturated heterocycles. The Kier molecular flexibility index (Phi) is 3.82. The highest BCUT2D eigenvalue weighted by atomic mass is 16.4. The summed E-state index contributed by atoms with van der Waals surface area (Å²) in [6, 6.07) is 8.31. The lowest BCUT2D eigenvalue weighted by Crippen LogP contribution is -2.10. The molecule has 0 bridgehead atoms. The predicted octanol–water partition coefficient (Wildman–Crippen LogP) is 2.27. The maximum atomic E-state index is 11.0. The Balaban J connectivity index is 2.11. The Labute approximate surface area is 133 Å². The smallest absolute Gasteiger partial charge is 0.311 e. The van der Waals surface area contributed by atoms with Crippen LogP contribution in [0.5, 0.6) is 0 Å². The number of carboxylic acid groups (broad SMARTS) is 1. The van der Waals surface area contributed by atoms with E-state index < -0.39 is 5.97 Å². The van der Waals surface area contributed by atoms with E-state index in [1.165, 1.54) is 5.56 Å². The van der Waals surface area contributed by atoms with E-state index in [-0.39, 0.29) is 6.42 Å². The van der Waals surface area contributed by atoms with E-state index in [0.29, 0.717) is 23.7 Å². The van der Waals surface area contributed by atoms with Gasteiger partial charge in [0.05, 0.1) is 0 Å². The van der Waals surface area contributed by atoms with Gasteiger partial charge in [0.2, 0.25) is 0 Å². The zero-order valence-corrected chi connectivity index (χ0v) is 13.4. The van der Waals surface area contributed by atoms with Gasteiger partial charge in [-0.15, -0.1) is 10.2 Å². The number of hydrogen-bond donors (Lipinski definition) is 1. The molecule has 0 aliphatic rings. The zero-order chi connectivity index (χ0) is 16.6. The lowest BCUT2D eigenvalue weighted by molar-refractivity contribution is -0.136. The van der Waals surface area contributed by atoms with E-state index in [9.17, 15) is 4.79 Å². The maximum absolute atomic E-state index is 11.0. The summed E-state index contributed by atoms with van der Waals surface area (Å²) in [6.45, 7) is 5.84. The topological polar surface area (TPSA) is 80.4 Å². The highest BCUT2D eigenvalue weighted by Crippen LogP contribution is 2.20. The van der Waals surface area contributed by atoms with Crippen LogP contribution in [0.15, 0.2) is 24.3 Å². The molecule has 0 aliphatic heterocycles. The van der Waals surface area contributed by atoms with E-state index in [0.717, 1.165) is 16.8 Å². The van der Waals surface area contributed by atoms with Gasteiger partial charge in [0.1, 0.15) is 18.1 Å². The second kappa shape index (κ2) is 5.79. The van der Waals surface area contributed by atoms with E-state index in [1.807, 2.05) is 13.8 Å². The number of fused-ring (bicyclic) bond motifs is 1. The molecule has 0 atom stereocenters. The third-order valence-corrected chi connectivity index (χ3v) is 3.90. The van der Waals surface area contributed by atoms with Gasteiger partial charge >= 0.3 is 5.97 Å². The summed E-state index contributed by atoms with van der Waals surface area (Å²) in [5.74, 6) is 0.174. The fraction of sp³-hybridized carbons (Fsp3) is 0.294. The van der Waals surface area contributed by atoms with E-state index >= 15 is 0 Å². The van der Waals surface area contributed by atoms with Crippen molar-refractivity contribution in [2.45, 2.75) is 33.6 Å². The molecule has 0 fully saturated rings. The third kappa shape index (κ3) is 2.92. The van der Waals surface area contributed by atoms with Crippen molar-refractivity contribution < 1.29 is 9.90 Å². The van der Waals surface area contributed by atoms with Gasteiger partial charge in [-0.2, -0.15) is 0 Å². The zero-order valence-electron chi connectivity index (χ0n) is 13.4. The van der Waals surface area contributed by atoms with Crippen LogP contribution in [0, 0.1) is 20.8 Å². The largest absolute Gasteiger partial charge is 0.481 e. The minimum Gasteiger partial charge on any atom is -0.481 e. The standard InChI is InChI=1S/C17H18N4O2/c1-10-4-6-13(7-5-10)8-14-11(2)18-12(3)21-15(9-16(22)23)19-20-17(14)21/h4-7H,8-9H2,1-3H3,(H,22,23). The van der Waals surface area contributed by atoms with Crippen LogP contribution in [0.25, 0.3) is 5.65 Å². The molecule has 1 N–H and O–H groups in total. The quantitative estimate of drug-likeness (QED) is 0.799. The summed E-state index contributed by atoms with van der Waals surface area (Å²) in [5, 5.41) is 17.3. The van der Waals surface area contributed by atoms with Crippen LogP contribution in [-0.4, -0.2) is 30.7 Å². The van der Waals surface area contributed by atoms with Gasteiger partial charge in [-0.05, 0) is 26.3 Å². The van der Waals surface area contributed by atoms with Crippen LogP contribution in [0.1, 0.15) is 34.0 Å². The highest BCUT2D eigenvalue weighted by molar-refractivity contribution is 5.69. The molecule has 0 radical (unpaired) electrons. The molecule has 0 saturated carbocycles. The van der Waals surface area contributed by atoms with Gasteiger partial charge < -0.3 is 5.11 Å². The first-order valence-electron chi connectivity index (χ1n) is 7.43. The van der Waals surface area contributed by atoms with Crippen LogP contribution in [0.3, 0.4) is 0 Å². The van der Waals surface area contributed by atoms with E-state index in [1.54, 1.807) is 4.40 Å². The third-order valence-electron chi connectivity index (χ3n) is 3.90. The summed E-state index contributed by atoms with van der Waals surface area (Å²) in [4.78, 5) is 15.5. The number of benzene rings is 1. The fourth-order valence-electron chi connectivity index (χ4n) is 2.74. The summed E-state index contributed by atoms with van der Waals surface area (Å²) in [7, 11) is 0. The van der Waals surface area contributed by atoms with E-state index in [4.69, 9.17) is 5.11 Å². The SMILES string of the molecule is Cc1ccc(Cc2c(C)nc(C)n3c(CC(=O)O)nnc23)cc1. The Morgan fingerprint density at radius 3 is 2.48 bits per heavy atom. The lowest BCUT2D eigenvalue weighted by atomic mass is 10.0. The van der Waals surface area contributed by atoms with Crippen LogP contribution < -0.4 is 0 Å². The van der Waals surface area contributed by atoms with E-state index in [2.05, 4.69) is 46.4 Å². The molecule has 0 unspecified atom stereocenters. The first-order valence-corrected chi connectivity index (χ1v) is 7.43. The van der Waals surface area contributed by atoms with Gasteiger partial charge in [0, 0.05) is 17.7 Å². The van der Waals surface area contributed by atoms with Crippen molar-refractivity contribution in [3.05, 3.63) is 58.3 Å². The lowest BCUT2D eigenvalue weighted by Gasteiger charge is -2.10. The second-order valence-electron chi connectivity index (χ2n) is 5.73. The number of carboxylic acids is 1. The average Bonchev–Trinajstić information content (AvgIpc) is 2.88. The van der Waals surface area contributed by atoms with Crippen molar-refractivity contribution in [2.24, 2.45) is 0 Å². The fourth-order valence-corrected chi connectivity index (χ4v) is 2.74. The average molecular weight is 310 g/mol. The molecule has 3 rings (SSSR count). The van der Waals surface area contributed by atoms with Gasteiger partial charge in [-0.1, -0.05) is 29.8 Å². The summed E-state index contributed by atoms with van der Waals surface area (Å²) >= 11 is 0. The Hall–Kier alpha value is -2.76. The molecule has 6 heteroatoms. The van der Waals surface area contributed by atoms with Crippen molar-refractivity contribution in [3.8, 4) is 0 Å². The van der Waals surface area contributed by atoms with Crippen LogP contribution >= 0.6 is 0 Å². The number of aromatic nitrogens is 4. The predicted molar refractivity (Wildman–Crippen MR) is 85.6 cm³/mol. The molecule has 2 heterocycles. The van der Waals surface area contributed by atoms with Crippen molar-refractivity contribution in [3.63, 3.8) is 0 Å². The summed E-state index contributed by atoms with van der Waals surface area (Å²) in [6.07, 6.45) is 0.519. The molecule has 6 nitrogen and oxygen atoms in total. The Morgan fingerprint density at radius 2 is 1.83 bits per heavy atom. The number of nitrogens with zero attached hydrogens (tertiary/aromatic N) is 4. The van der Waals surface area contributed by atoms with Gasteiger partial charge in [0.15, 0.2) is 5.65 Å². The molecular weight excluding hydrogens is 292 g/mol. The minimum atomic E-state index is -0.931. The normalized spacial score (nSPS) is 11.1. The van der Waals surface area contributed by atoms with Gasteiger partial charge in [-0.3, -0.25) is 9.20 Å².